The molecule has 5 nitrogen and oxygen atoms in total. The number of aldehydes is 1. The number of hydrogen-bond acceptors (Lipinski definition) is 4. The number of benzene rings is 2. The van der Waals surface area contributed by atoms with Gasteiger partial charge in [-0.3, -0.25) is 4.79 Å². The smallest absolute Gasteiger partial charge is 0.268 e. The van der Waals surface area contributed by atoms with Gasteiger partial charge in [0.05, 0.1) is 13.7 Å². The van der Waals surface area contributed by atoms with E-state index in [0.29, 0.717) is 17.6 Å². The van der Waals surface area contributed by atoms with E-state index in [1.165, 1.54) is 0 Å². The van der Waals surface area contributed by atoms with Crippen molar-refractivity contribution in [1.82, 2.24) is 0 Å². The van der Waals surface area contributed by atoms with Crippen molar-refractivity contribution in [1.29, 1.82) is 0 Å². The minimum absolute atomic E-state index is 0.00884. The van der Waals surface area contributed by atoms with Gasteiger partial charge in [0, 0.05) is 24.4 Å². The van der Waals surface area contributed by atoms with Crippen molar-refractivity contribution in [3.8, 4) is 17.2 Å². The molecular formula is C19H22NO4+. The first kappa shape index (κ1) is 16.2. The molecule has 0 bridgehead atoms. The number of ether oxygens (including phenoxy) is 2. The summed E-state index contributed by atoms with van der Waals surface area (Å²) in [5.41, 5.74) is 1.42. The highest BCUT2D eigenvalue weighted by Gasteiger charge is 2.23. The average molecular weight is 328 g/mol. The molecule has 2 aromatic carbocycles. The lowest BCUT2D eigenvalue weighted by Crippen LogP contribution is -2.41. The van der Waals surface area contributed by atoms with Gasteiger partial charge in [0.2, 0.25) is 0 Å². The molecule has 1 unspecified atom stereocenters. The van der Waals surface area contributed by atoms with Gasteiger partial charge in [-0.05, 0) is 37.1 Å². The summed E-state index contributed by atoms with van der Waals surface area (Å²) in [7, 11) is 1.66. The molecule has 1 aliphatic rings. The van der Waals surface area contributed by atoms with Crippen LogP contribution in [0.5, 0.6) is 17.2 Å². The second-order valence-electron chi connectivity index (χ2n) is 5.86. The molecule has 0 aliphatic carbocycles. The van der Waals surface area contributed by atoms with Crippen LogP contribution in [-0.2, 0) is 0 Å². The molecule has 1 fully saturated rings. The van der Waals surface area contributed by atoms with Crippen molar-refractivity contribution in [2.75, 3.05) is 25.1 Å². The third kappa shape index (κ3) is 3.45. The molecule has 3 rings (SSSR count). The van der Waals surface area contributed by atoms with Gasteiger partial charge in [0.1, 0.15) is 17.6 Å². The summed E-state index contributed by atoms with van der Waals surface area (Å²) in [6.07, 6.45) is 2.63. The third-order valence-electron chi connectivity index (χ3n) is 4.27. The van der Waals surface area contributed by atoms with Gasteiger partial charge >= 0.3 is 0 Å². The molecule has 24 heavy (non-hydrogen) atoms. The van der Waals surface area contributed by atoms with Gasteiger partial charge in [0.15, 0.2) is 11.8 Å². The maximum Gasteiger partial charge on any atom is 0.268 e. The Morgan fingerprint density at radius 1 is 1.25 bits per heavy atom. The Hall–Kier alpha value is -2.69. The van der Waals surface area contributed by atoms with Gasteiger partial charge in [-0.2, -0.15) is 0 Å². The van der Waals surface area contributed by atoms with Crippen molar-refractivity contribution < 1.29 is 19.4 Å². The Balaban J connectivity index is 1.74. The molecule has 0 aromatic heterocycles. The maximum absolute atomic E-state index is 11.2. The zero-order valence-corrected chi connectivity index (χ0v) is 13.7. The van der Waals surface area contributed by atoms with Crippen LogP contribution in [-0.4, -0.2) is 37.7 Å². The van der Waals surface area contributed by atoms with Gasteiger partial charge in [0.25, 0.3) is 5.75 Å². The van der Waals surface area contributed by atoms with E-state index in [9.17, 15) is 4.79 Å². The van der Waals surface area contributed by atoms with Crippen LogP contribution < -0.4 is 14.4 Å². The molecule has 126 valence electrons. The van der Waals surface area contributed by atoms with Gasteiger partial charge < -0.3 is 19.5 Å². The Bertz CT molecular complexity index is 716. The number of methoxy groups -OCH3 is 1. The summed E-state index contributed by atoms with van der Waals surface area (Å²) in [6.45, 7) is 1.71. The number of carbonyl (C=O) groups is 1. The van der Waals surface area contributed by atoms with E-state index in [2.05, 4.69) is 11.0 Å². The third-order valence-corrected chi connectivity index (χ3v) is 4.27. The number of rotatable bonds is 5. The van der Waals surface area contributed by atoms with Gasteiger partial charge in [-0.25, -0.2) is 0 Å². The van der Waals surface area contributed by atoms with Crippen LogP contribution in [0.2, 0.25) is 0 Å². The van der Waals surface area contributed by atoms with E-state index in [-0.39, 0.29) is 11.9 Å². The fourth-order valence-electron chi connectivity index (χ4n) is 3.02. The highest BCUT2D eigenvalue weighted by atomic mass is 16.5. The van der Waals surface area contributed by atoms with Crippen LogP contribution in [0, 0.1) is 0 Å². The summed E-state index contributed by atoms with van der Waals surface area (Å²) < 4.78 is 11.3. The lowest BCUT2D eigenvalue weighted by atomic mass is 10.1. The zero-order valence-electron chi connectivity index (χ0n) is 13.7. The largest absolute Gasteiger partial charge is 0.593 e. The fourth-order valence-corrected chi connectivity index (χ4v) is 3.02. The molecule has 2 aromatic rings. The SMILES string of the molecule is COc1cccc(N2CCCC(Oc3cccc([OH2+])c3C=O)C2)c1. The van der Waals surface area contributed by atoms with Crippen LogP contribution in [0.1, 0.15) is 23.2 Å². The van der Waals surface area contributed by atoms with Crippen LogP contribution in [0.4, 0.5) is 5.69 Å². The summed E-state index contributed by atoms with van der Waals surface area (Å²) >= 11 is 0. The maximum atomic E-state index is 11.2. The van der Waals surface area contributed by atoms with Crippen molar-refractivity contribution in [3.63, 3.8) is 0 Å². The molecule has 5 heteroatoms. The highest BCUT2D eigenvalue weighted by Crippen LogP contribution is 2.29. The van der Waals surface area contributed by atoms with Crippen molar-refractivity contribution in [2.45, 2.75) is 18.9 Å². The summed E-state index contributed by atoms with van der Waals surface area (Å²) in [5.74, 6) is 1.53. The molecular weight excluding hydrogens is 306 g/mol. The van der Waals surface area contributed by atoms with Crippen molar-refractivity contribution in [2.24, 2.45) is 0 Å². The van der Waals surface area contributed by atoms with Gasteiger partial charge in [-0.15, -0.1) is 0 Å². The molecule has 1 saturated heterocycles. The van der Waals surface area contributed by atoms with Crippen LogP contribution in [0.15, 0.2) is 42.5 Å². The van der Waals surface area contributed by atoms with Crippen LogP contribution >= 0.6 is 0 Å². The number of hydrogen-bond donors (Lipinski definition) is 0. The Kier molecular flexibility index (Phi) is 4.89. The van der Waals surface area contributed by atoms with Crippen LogP contribution in [0.25, 0.3) is 0 Å². The Morgan fingerprint density at radius 3 is 2.88 bits per heavy atom. The van der Waals surface area contributed by atoms with Crippen molar-refractivity contribution in [3.05, 3.63) is 48.0 Å². The number of piperidine rings is 1. The number of anilines is 1. The normalized spacial score (nSPS) is 17.4. The van der Waals surface area contributed by atoms with E-state index in [1.54, 1.807) is 25.3 Å². The van der Waals surface area contributed by atoms with E-state index in [4.69, 9.17) is 14.6 Å². The van der Waals surface area contributed by atoms with Crippen LogP contribution in [0.3, 0.4) is 0 Å². The first-order valence-electron chi connectivity index (χ1n) is 8.06. The predicted molar refractivity (Wildman–Crippen MR) is 93.7 cm³/mol. The number of nitrogens with zero attached hydrogens (tertiary/aromatic N) is 1. The second kappa shape index (κ2) is 7.25. The minimum Gasteiger partial charge on any atom is -0.593 e. The molecule has 2 N–H and O–H groups in total. The lowest BCUT2D eigenvalue weighted by molar-refractivity contribution is 0.111. The summed E-state index contributed by atoms with van der Waals surface area (Å²) in [5, 5.41) is 7.81. The molecule has 1 heterocycles. The number of carbonyl (C=O) groups excluding carboxylic acids is 1. The molecule has 0 spiro atoms. The topological polar surface area (TPSA) is 61.7 Å². The summed E-state index contributed by atoms with van der Waals surface area (Å²) in [4.78, 5) is 13.5. The van der Waals surface area contributed by atoms with Gasteiger partial charge in [-0.1, -0.05) is 6.07 Å². The molecule has 1 aliphatic heterocycles. The average Bonchev–Trinajstić information content (AvgIpc) is 2.62. The first-order valence-corrected chi connectivity index (χ1v) is 8.06. The van der Waals surface area contributed by atoms with E-state index < -0.39 is 0 Å². The predicted octanol–water partition coefficient (Wildman–Crippen LogP) is 2.99. The first-order chi connectivity index (χ1) is 11.7. The quantitative estimate of drug-likeness (QED) is 0.625. The zero-order chi connectivity index (χ0) is 16.9. The minimum atomic E-state index is -0.00884. The molecule has 0 radical (unpaired) electrons. The molecule has 1 atom stereocenters. The Labute approximate surface area is 141 Å². The summed E-state index contributed by atoms with van der Waals surface area (Å²) in [6, 6.07) is 13.1. The lowest BCUT2D eigenvalue weighted by Gasteiger charge is -2.34. The van der Waals surface area contributed by atoms with E-state index in [0.717, 1.165) is 37.4 Å². The Morgan fingerprint density at radius 2 is 2.08 bits per heavy atom. The second-order valence-corrected chi connectivity index (χ2v) is 5.86. The standard InChI is InChI=1S/C19H21NO4/c1-23-15-6-2-5-14(11-15)20-10-4-7-16(12-20)24-19-9-3-8-18(22)17(19)13-21/h2-3,5-6,8-9,11,13,16,22H,4,7,10,12H2,1H3/p+1. The van der Waals surface area contributed by atoms with E-state index >= 15 is 0 Å². The molecule has 0 amide bonds. The van der Waals surface area contributed by atoms with E-state index in [1.807, 2.05) is 18.2 Å². The van der Waals surface area contributed by atoms with Crippen molar-refractivity contribution >= 4 is 12.0 Å². The monoisotopic (exact) mass is 328 g/mol. The fraction of sp³-hybridized carbons (Fsp3) is 0.316. The highest BCUT2D eigenvalue weighted by molar-refractivity contribution is 5.83. The molecule has 0 saturated carbocycles.